The molecule has 0 aromatic heterocycles. The van der Waals surface area contributed by atoms with Crippen LogP contribution in [0.15, 0.2) is 52.3 Å². The number of hydrogen-bond donors (Lipinski definition) is 1. The van der Waals surface area contributed by atoms with Gasteiger partial charge in [0.25, 0.3) is 5.91 Å². The van der Waals surface area contributed by atoms with Gasteiger partial charge in [0.05, 0.1) is 32.0 Å². The molecule has 2 aromatic carbocycles. The first-order valence-corrected chi connectivity index (χ1v) is 9.49. The average molecular weight is 412 g/mol. The molecule has 0 fully saturated rings. The predicted molar refractivity (Wildman–Crippen MR) is 105 cm³/mol. The molecule has 3 rings (SSSR count). The summed E-state index contributed by atoms with van der Waals surface area (Å²) < 4.78 is 0.599. The molecule has 0 unspecified atom stereocenters. The van der Waals surface area contributed by atoms with Crippen LogP contribution in [-0.4, -0.2) is 44.1 Å². The monoisotopic (exact) mass is 411 g/mol. The Morgan fingerprint density at radius 3 is 2.58 bits per heavy atom. The molecule has 0 saturated carbocycles. The summed E-state index contributed by atoms with van der Waals surface area (Å²) in [6.07, 6.45) is 0.950. The van der Waals surface area contributed by atoms with Crippen LogP contribution in [0.2, 0.25) is 5.02 Å². The number of nitrogens with zero attached hydrogens (tertiary/aromatic N) is 2. The molecule has 1 amide bonds. The number of amides is 1. The molecule has 26 heavy (non-hydrogen) atoms. The number of hydrogen-bond acceptors (Lipinski definition) is 3. The minimum absolute atomic E-state index is 0. The maximum absolute atomic E-state index is 11.2. The van der Waals surface area contributed by atoms with E-state index in [4.69, 9.17) is 17.3 Å². The Hall–Kier alpha value is -1.40. The van der Waals surface area contributed by atoms with Crippen molar-refractivity contribution in [1.82, 2.24) is 0 Å². The Kier molecular flexibility index (Phi) is 6.86. The minimum atomic E-state index is -0.262. The van der Waals surface area contributed by atoms with E-state index in [-0.39, 0.29) is 18.3 Å². The van der Waals surface area contributed by atoms with Gasteiger partial charge in [-0.05, 0) is 30.3 Å². The second-order valence-corrected chi connectivity index (χ2v) is 8.49. The normalized spacial score (nSPS) is 12.8. The van der Waals surface area contributed by atoms with Crippen LogP contribution in [-0.2, 0) is 4.79 Å². The Morgan fingerprint density at radius 1 is 1.15 bits per heavy atom. The van der Waals surface area contributed by atoms with Crippen LogP contribution in [0.25, 0.3) is 0 Å². The largest absolute Gasteiger partial charge is 1.00 e. The third-order valence-corrected chi connectivity index (χ3v) is 5.68. The molecule has 0 spiro atoms. The predicted octanol–water partition coefficient (Wildman–Crippen LogP) is 0.899. The number of para-hydroxylation sites is 1. The zero-order valence-electron chi connectivity index (χ0n) is 14.9. The summed E-state index contributed by atoms with van der Waals surface area (Å²) in [4.78, 5) is 16.0. The van der Waals surface area contributed by atoms with E-state index >= 15 is 0 Å². The number of halogens is 2. The number of nitrogens with two attached hydrogens (primary N) is 1. The Morgan fingerprint density at radius 2 is 1.85 bits per heavy atom. The summed E-state index contributed by atoms with van der Waals surface area (Å²) in [5.41, 5.74) is 7.71. The third-order valence-electron chi connectivity index (χ3n) is 4.32. The molecule has 2 aromatic rings. The van der Waals surface area contributed by atoms with Crippen molar-refractivity contribution >= 4 is 40.6 Å². The fourth-order valence-electron chi connectivity index (χ4n) is 3.20. The zero-order chi connectivity index (χ0) is 18.0. The topological polar surface area (TPSA) is 46.3 Å². The quantitative estimate of drug-likeness (QED) is 0.718. The molecular formula is C19H23Cl2N3OS. The van der Waals surface area contributed by atoms with Crippen molar-refractivity contribution in [2.24, 2.45) is 5.73 Å². The summed E-state index contributed by atoms with van der Waals surface area (Å²) in [5, 5.41) is 0.744. The molecule has 1 aliphatic heterocycles. The molecule has 7 heteroatoms. The molecule has 4 nitrogen and oxygen atoms in total. The van der Waals surface area contributed by atoms with Gasteiger partial charge in [0.1, 0.15) is 0 Å². The van der Waals surface area contributed by atoms with E-state index in [0.717, 1.165) is 30.2 Å². The van der Waals surface area contributed by atoms with Crippen molar-refractivity contribution in [1.29, 1.82) is 0 Å². The molecule has 140 valence electrons. The Labute approximate surface area is 170 Å². The highest BCUT2D eigenvalue weighted by molar-refractivity contribution is 7.99. The first-order chi connectivity index (χ1) is 11.9. The van der Waals surface area contributed by atoms with Gasteiger partial charge < -0.3 is 27.5 Å². The van der Waals surface area contributed by atoms with Crippen LogP contribution in [0.3, 0.4) is 0 Å². The van der Waals surface area contributed by atoms with Crippen LogP contribution in [0.5, 0.6) is 0 Å². The van der Waals surface area contributed by atoms with Crippen LogP contribution in [0.1, 0.15) is 6.42 Å². The van der Waals surface area contributed by atoms with Crippen molar-refractivity contribution in [3.63, 3.8) is 0 Å². The van der Waals surface area contributed by atoms with Crippen LogP contribution in [0.4, 0.5) is 11.4 Å². The van der Waals surface area contributed by atoms with E-state index in [1.807, 2.05) is 26.2 Å². The lowest BCUT2D eigenvalue weighted by Gasteiger charge is -2.34. The van der Waals surface area contributed by atoms with Crippen molar-refractivity contribution in [2.45, 2.75) is 16.2 Å². The Bertz CT molecular complexity index is 798. The molecule has 0 bridgehead atoms. The number of quaternary nitrogens is 1. The smallest absolute Gasteiger partial charge is 0.272 e. The molecule has 0 aliphatic carbocycles. The fourth-order valence-corrected chi connectivity index (χ4v) is 4.44. The van der Waals surface area contributed by atoms with Crippen molar-refractivity contribution in [2.75, 3.05) is 38.6 Å². The van der Waals surface area contributed by atoms with Crippen molar-refractivity contribution < 1.29 is 21.7 Å². The molecule has 1 heterocycles. The standard InChI is InChI=1S/C19H22ClN3OS.ClH/c1-23(2,13-19(21)24)11-5-10-22-15-6-3-4-7-17(15)25-18-9-8-14(20)12-16(18)22;/h3-4,6-9,12H,5,10-11,13H2,1-2H3,(H-,21,24);1H. The van der Waals surface area contributed by atoms with Gasteiger partial charge in [-0.25, -0.2) is 0 Å². The Balaban J connectivity index is 0.00000243. The highest BCUT2D eigenvalue weighted by atomic mass is 35.5. The van der Waals surface area contributed by atoms with Gasteiger partial charge >= 0.3 is 0 Å². The van der Waals surface area contributed by atoms with E-state index in [1.54, 1.807) is 11.8 Å². The van der Waals surface area contributed by atoms with E-state index in [2.05, 4.69) is 35.2 Å². The van der Waals surface area contributed by atoms with Crippen molar-refractivity contribution in [3.05, 3.63) is 47.5 Å². The van der Waals surface area contributed by atoms with Crippen molar-refractivity contribution in [3.8, 4) is 0 Å². The molecule has 0 atom stereocenters. The first kappa shape index (κ1) is 20.9. The number of fused-ring (bicyclic) bond motifs is 2. The number of benzene rings is 2. The maximum Gasteiger partial charge on any atom is 0.272 e. The number of rotatable bonds is 6. The highest BCUT2D eigenvalue weighted by Gasteiger charge is 2.24. The number of carbonyl (C=O) groups excluding carboxylic acids is 1. The van der Waals surface area contributed by atoms with E-state index in [9.17, 15) is 4.79 Å². The molecule has 0 radical (unpaired) electrons. The second-order valence-electron chi connectivity index (χ2n) is 6.97. The lowest BCUT2D eigenvalue weighted by Crippen LogP contribution is -3.00. The molecule has 2 N–H and O–H groups in total. The van der Waals surface area contributed by atoms with Gasteiger partial charge in [-0.15, -0.1) is 0 Å². The zero-order valence-corrected chi connectivity index (χ0v) is 17.2. The summed E-state index contributed by atoms with van der Waals surface area (Å²) in [7, 11) is 4.07. The summed E-state index contributed by atoms with van der Waals surface area (Å²) >= 11 is 8.02. The van der Waals surface area contributed by atoms with Gasteiger partial charge in [0.2, 0.25) is 0 Å². The number of carbonyl (C=O) groups is 1. The summed E-state index contributed by atoms with van der Waals surface area (Å²) in [5.74, 6) is -0.262. The van der Waals surface area contributed by atoms with Crippen LogP contribution < -0.4 is 23.0 Å². The second kappa shape index (κ2) is 8.53. The average Bonchev–Trinajstić information content (AvgIpc) is 2.53. The highest BCUT2D eigenvalue weighted by Crippen LogP contribution is 2.48. The van der Waals surface area contributed by atoms with Gasteiger partial charge in [0.15, 0.2) is 6.54 Å². The number of likely N-dealkylation sites (N-methyl/N-ethyl adjacent to an activating group) is 1. The van der Waals surface area contributed by atoms with Crippen LogP contribution in [0, 0.1) is 0 Å². The fraction of sp³-hybridized carbons (Fsp3) is 0.316. The summed E-state index contributed by atoms with van der Waals surface area (Å²) in [6.45, 7) is 2.10. The van der Waals surface area contributed by atoms with E-state index in [1.165, 1.54) is 15.5 Å². The van der Waals surface area contributed by atoms with E-state index in [0.29, 0.717) is 11.0 Å². The molecule has 1 aliphatic rings. The van der Waals surface area contributed by atoms with E-state index < -0.39 is 0 Å². The lowest BCUT2D eigenvalue weighted by atomic mass is 10.2. The van der Waals surface area contributed by atoms with Gasteiger partial charge in [-0.2, -0.15) is 0 Å². The molecule has 0 saturated heterocycles. The number of anilines is 2. The maximum atomic E-state index is 11.2. The third kappa shape index (κ3) is 4.86. The van der Waals surface area contributed by atoms with Gasteiger partial charge in [-0.3, -0.25) is 4.79 Å². The molecular weight excluding hydrogens is 389 g/mol. The van der Waals surface area contributed by atoms with Gasteiger partial charge in [0, 0.05) is 27.8 Å². The summed E-state index contributed by atoms with van der Waals surface area (Å²) in [6, 6.07) is 14.5. The lowest BCUT2D eigenvalue weighted by molar-refractivity contribution is -0.882. The minimum Gasteiger partial charge on any atom is -1.00 e. The van der Waals surface area contributed by atoms with Crippen LogP contribution >= 0.6 is 23.4 Å². The number of primary amides is 1. The SMILES string of the molecule is C[N+](C)(CCCN1c2ccccc2Sc2ccc(Cl)cc21)CC(N)=O.[Cl-]. The first-order valence-electron chi connectivity index (χ1n) is 8.30. The van der Waals surface area contributed by atoms with Gasteiger partial charge in [-0.1, -0.05) is 35.5 Å².